The van der Waals surface area contributed by atoms with Crippen molar-refractivity contribution < 1.29 is 9.47 Å². The zero-order chi connectivity index (χ0) is 11.1. The first-order valence-corrected chi connectivity index (χ1v) is 5.33. The average Bonchev–Trinajstić information content (AvgIpc) is 2.02. The Kier molecular flexibility index (Phi) is 7.15. The van der Waals surface area contributed by atoms with E-state index in [-0.39, 0.29) is 6.41 Å². The van der Waals surface area contributed by atoms with Crippen LogP contribution in [-0.2, 0) is 9.47 Å². The third-order valence-corrected chi connectivity index (χ3v) is 1.57. The highest BCUT2D eigenvalue weighted by molar-refractivity contribution is 4.46. The lowest BCUT2D eigenvalue weighted by molar-refractivity contribution is -0.219. The maximum Gasteiger partial charge on any atom is 0.218 e. The summed E-state index contributed by atoms with van der Waals surface area (Å²) in [5.74, 6) is 1.08. The first kappa shape index (κ1) is 13.9. The largest absolute Gasteiger partial charge is 0.339 e. The number of nitrogens with zero attached hydrogens (tertiary/aromatic N) is 1. The summed E-state index contributed by atoms with van der Waals surface area (Å²) < 4.78 is 11.2. The van der Waals surface area contributed by atoms with Crippen LogP contribution in [-0.4, -0.2) is 38.6 Å². The van der Waals surface area contributed by atoms with E-state index in [0.717, 1.165) is 13.2 Å². The van der Waals surface area contributed by atoms with Gasteiger partial charge in [0.1, 0.15) is 0 Å². The minimum Gasteiger partial charge on any atom is -0.339 e. The van der Waals surface area contributed by atoms with Gasteiger partial charge in [-0.1, -0.05) is 27.7 Å². The van der Waals surface area contributed by atoms with E-state index in [9.17, 15) is 0 Å². The van der Waals surface area contributed by atoms with Gasteiger partial charge < -0.3 is 9.47 Å². The third-order valence-electron chi connectivity index (χ3n) is 1.57. The highest BCUT2D eigenvalue weighted by Crippen LogP contribution is 2.05. The molecular formula is C11H25NO2. The highest BCUT2D eigenvalue weighted by atomic mass is 16.7. The second-order valence-corrected chi connectivity index (χ2v) is 4.73. The molecule has 3 heteroatoms. The fourth-order valence-corrected chi connectivity index (χ4v) is 0.896. The molecule has 0 radical (unpaired) electrons. The summed E-state index contributed by atoms with van der Waals surface area (Å²) in [4.78, 5) is 1.95. The normalized spacial score (nSPS) is 12.4. The summed E-state index contributed by atoms with van der Waals surface area (Å²) in [5.41, 5.74) is 0. The van der Waals surface area contributed by atoms with Crippen LogP contribution in [0.25, 0.3) is 0 Å². The standard InChI is InChI=1S/C11H25NO2/c1-9(2)7-13-11(12(5)6)14-8-10(3)4/h9-11H,7-8H2,1-6H3. The van der Waals surface area contributed by atoms with Gasteiger partial charge in [0.05, 0.1) is 13.2 Å². The van der Waals surface area contributed by atoms with E-state index in [1.54, 1.807) is 0 Å². The van der Waals surface area contributed by atoms with E-state index in [0.29, 0.717) is 11.8 Å². The van der Waals surface area contributed by atoms with Crippen molar-refractivity contribution in [2.45, 2.75) is 34.1 Å². The minimum atomic E-state index is -0.209. The summed E-state index contributed by atoms with van der Waals surface area (Å²) in [6.45, 7) is 10.0. The van der Waals surface area contributed by atoms with Crippen molar-refractivity contribution in [2.75, 3.05) is 27.3 Å². The molecule has 0 N–H and O–H groups in total. The Labute approximate surface area is 88.4 Å². The van der Waals surface area contributed by atoms with E-state index >= 15 is 0 Å². The zero-order valence-electron chi connectivity index (χ0n) is 10.4. The van der Waals surface area contributed by atoms with Gasteiger partial charge in [0, 0.05) is 0 Å². The van der Waals surface area contributed by atoms with Gasteiger partial charge in [-0.2, -0.15) is 0 Å². The molecule has 0 aromatic carbocycles. The predicted octanol–water partition coefficient (Wildman–Crippen LogP) is 2.18. The first-order chi connectivity index (χ1) is 6.43. The first-order valence-electron chi connectivity index (χ1n) is 5.33. The molecule has 0 heterocycles. The van der Waals surface area contributed by atoms with E-state index < -0.39 is 0 Å². The van der Waals surface area contributed by atoms with Gasteiger partial charge in [-0.3, -0.25) is 4.90 Å². The van der Waals surface area contributed by atoms with Crippen LogP contribution < -0.4 is 0 Å². The molecule has 0 aliphatic carbocycles. The van der Waals surface area contributed by atoms with Crippen LogP contribution >= 0.6 is 0 Å². The van der Waals surface area contributed by atoms with E-state index in [1.807, 2.05) is 19.0 Å². The zero-order valence-corrected chi connectivity index (χ0v) is 10.4. The van der Waals surface area contributed by atoms with E-state index in [4.69, 9.17) is 9.47 Å². The highest BCUT2D eigenvalue weighted by Gasteiger charge is 2.13. The van der Waals surface area contributed by atoms with Crippen LogP contribution in [0.3, 0.4) is 0 Å². The van der Waals surface area contributed by atoms with Gasteiger partial charge in [-0.15, -0.1) is 0 Å². The van der Waals surface area contributed by atoms with Crippen molar-refractivity contribution in [1.29, 1.82) is 0 Å². The van der Waals surface area contributed by atoms with E-state index in [1.165, 1.54) is 0 Å². The van der Waals surface area contributed by atoms with Crippen molar-refractivity contribution in [2.24, 2.45) is 11.8 Å². The molecule has 0 amide bonds. The maximum atomic E-state index is 5.62. The fourth-order valence-electron chi connectivity index (χ4n) is 0.896. The Balaban J connectivity index is 3.78. The summed E-state index contributed by atoms with van der Waals surface area (Å²) >= 11 is 0. The van der Waals surface area contributed by atoms with Gasteiger partial charge in [-0.05, 0) is 25.9 Å². The quantitative estimate of drug-likeness (QED) is 0.592. The lowest BCUT2D eigenvalue weighted by Gasteiger charge is -2.26. The molecule has 0 saturated heterocycles. The van der Waals surface area contributed by atoms with Gasteiger partial charge in [0.25, 0.3) is 0 Å². The smallest absolute Gasteiger partial charge is 0.218 e. The van der Waals surface area contributed by atoms with Gasteiger partial charge in [0.2, 0.25) is 6.41 Å². The fraction of sp³-hybridized carbons (Fsp3) is 1.00. The summed E-state index contributed by atoms with van der Waals surface area (Å²) in [7, 11) is 3.93. The number of rotatable bonds is 7. The third kappa shape index (κ3) is 7.30. The van der Waals surface area contributed by atoms with Crippen LogP contribution in [0.5, 0.6) is 0 Å². The molecule has 0 fully saturated rings. The van der Waals surface area contributed by atoms with Crippen LogP contribution in [0.2, 0.25) is 0 Å². The van der Waals surface area contributed by atoms with Crippen molar-refractivity contribution in [3.05, 3.63) is 0 Å². The van der Waals surface area contributed by atoms with Crippen LogP contribution in [0.4, 0.5) is 0 Å². The molecule has 0 aromatic heterocycles. The number of ether oxygens (including phenoxy) is 2. The lowest BCUT2D eigenvalue weighted by atomic mass is 10.2. The van der Waals surface area contributed by atoms with Gasteiger partial charge in [-0.25, -0.2) is 0 Å². The molecule has 86 valence electrons. The van der Waals surface area contributed by atoms with Crippen molar-refractivity contribution in [1.82, 2.24) is 4.90 Å². The van der Waals surface area contributed by atoms with Crippen LogP contribution in [0, 0.1) is 11.8 Å². The topological polar surface area (TPSA) is 21.7 Å². The molecule has 0 aliphatic rings. The van der Waals surface area contributed by atoms with Crippen molar-refractivity contribution in [3.63, 3.8) is 0 Å². The molecule has 14 heavy (non-hydrogen) atoms. The van der Waals surface area contributed by atoms with Crippen molar-refractivity contribution in [3.8, 4) is 0 Å². The van der Waals surface area contributed by atoms with Crippen LogP contribution in [0.15, 0.2) is 0 Å². The molecule has 0 bridgehead atoms. The molecule has 0 atom stereocenters. The Hall–Kier alpha value is -0.120. The maximum absolute atomic E-state index is 5.62. The Morgan fingerprint density at radius 1 is 0.857 bits per heavy atom. The van der Waals surface area contributed by atoms with Gasteiger partial charge in [0.15, 0.2) is 0 Å². The second kappa shape index (κ2) is 7.21. The SMILES string of the molecule is CC(C)COC(OCC(C)C)N(C)C. The number of hydrogen-bond donors (Lipinski definition) is 0. The number of hydrogen-bond acceptors (Lipinski definition) is 3. The Morgan fingerprint density at radius 2 is 1.21 bits per heavy atom. The molecule has 0 rings (SSSR count). The Bertz CT molecular complexity index is 123. The van der Waals surface area contributed by atoms with Gasteiger partial charge >= 0.3 is 0 Å². The summed E-state index contributed by atoms with van der Waals surface area (Å²) in [6, 6.07) is 0. The molecule has 0 aliphatic heterocycles. The average molecular weight is 203 g/mol. The molecule has 0 saturated carbocycles. The summed E-state index contributed by atoms with van der Waals surface area (Å²) in [5, 5.41) is 0. The second-order valence-electron chi connectivity index (χ2n) is 4.73. The molecule has 0 aromatic rings. The van der Waals surface area contributed by atoms with Crippen molar-refractivity contribution >= 4 is 0 Å². The molecular weight excluding hydrogens is 178 g/mol. The molecule has 0 spiro atoms. The monoisotopic (exact) mass is 203 g/mol. The minimum absolute atomic E-state index is 0.209. The lowest BCUT2D eigenvalue weighted by Crippen LogP contribution is -2.35. The summed E-state index contributed by atoms with van der Waals surface area (Å²) in [6.07, 6.45) is -0.209. The molecule has 3 nitrogen and oxygen atoms in total. The van der Waals surface area contributed by atoms with E-state index in [2.05, 4.69) is 27.7 Å². The predicted molar refractivity (Wildman–Crippen MR) is 59.1 cm³/mol. The van der Waals surface area contributed by atoms with Crippen LogP contribution in [0.1, 0.15) is 27.7 Å². The molecule has 0 unspecified atom stereocenters. The Morgan fingerprint density at radius 3 is 1.43 bits per heavy atom.